The van der Waals surface area contributed by atoms with Gasteiger partial charge in [-0.2, -0.15) is 0 Å². The maximum atomic E-state index is 6.14. The molecule has 3 heterocycles. The molecule has 18 heavy (non-hydrogen) atoms. The highest BCUT2D eigenvalue weighted by molar-refractivity contribution is 4.99. The molecular weight excluding hydrogens is 226 g/mol. The number of hydrogen-bond donors (Lipinski definition) is 1. The Balaban J connectivity index is 1.75. The predicted octanol–water partition coefficient (Wildman–Crippen LogP) is 0.663. The number of nitrogens with two attached hydrogens (primary N) is 1. The summed E-state index contributed by atoms with van der Waals surface area (Å²) in [5.41, 5.74) is 6.37. The molecule has 3 rings (SSSR count). The lowest BCUT2D eigenvalue weighted by Crippen LogP contribution is -2.58. The van der Waals surface area contributed by atoms with Gasteiger partial charge in [-0.25, -0.2) is 0 Å². The van der Waals surface area contributed by atoms with Crippen LogP contribution in [-0.4, -0.2) is 67.3 Å². The van der Waals surface area contributed by atoms with Crippen molar-refractivity contribution >= 4 is 0 Å². The Labute approximate surface area is 110 Å². The lowest BCUT2D eigenvalue weighted by atomic mass is 9.87. The van der Waals surface area contributed by atoms with Crippen molar-refractivity contribution in [2.45, 2.75) is 49.7 Å². The highest BCUT2D eigenvalue weighted by Gasteiger charge is 2.43. The Morgan fingerprint density at radius 2 is 1.89 bits per heavy atom. The molecule has 0 saturated carbocycles. The summed E-state index contributed by atoms with van der Waals surface area (Å²) >= 11 is 0. The van der Waals surface area contributed by atoms with Crippen LogP contribution in [0.2, 0.25) is 0 Å². The molecule has 3 saturated heterocycles. The molecule has 2 unspecified atom stereocenters. The summed E-state index contributed by atoms with van der Waals surface area (Å²) in [6.45, 7) is 5.00. The van der Waals surface area contributed by atoms with Crippen molar-refractivity contribution in [1.29, 1.82) is 0 Å². The fourth-order valence-electron chi connectivity index (χ4n) is 4.14. The number of fused-ring (bicyclic) bond motifs is 2. The van der Waals surface area contributed by atoms with E-state index in [0.29, 0.717) is 0 Å². The van der Waals surface area contributed by atoms with Crippen LogP contribution < -0.4 is 5.73 Å². The summed E-state index contributed by atoms with van der Waals surface area (Å²) in [5, 5.41) is 0. The zero-order valence-electron chi connectivity index (χ0n) is 11.6. The quantitative estimate of drug-likeness (QED) is 0.785. The third kappa shape index (κ3) is 2.09. The maximum Gasteiger partial charge on any atom is 0.0484 e. The number of hydrogen-bond acceptors (Lipinski definition) is 4. The minimum Gasteiger partial charge on any atom is -0.381 e. The molecule has 0 spiro atoms. The number of nitrogens with zero attached hydrogens (tertiary/aromatic N) is 2. The molecule has 0 aliphatic carbocycles. The third-order valence-electron chi connectivity index (χ3n) is 5.62. The fourth-order valence-corrected chi connectivity index (χ4v) is 4.14. The topological polar surface area (TPSA) is 41.7 Å². The lowest BCUT2D eigenvalue weighted by molar-refractivity contribution is -0.0272. The Kier molecular flexibility index (Phi) is 3.63. The molecule has 2 bridgehead atoms. The second-order valence-corrected chi connectivity index (χ2v) is 6.33. The van der Waals surface area contributed by atoms with Gasteiger partial charge >= 0.3 is 0 Å². The summed E-state index contributed by atoms with van der Waals surface area (Å²) in [5.74, 6) is 0. The van der Waals surface area contributed by atoms with E-state index in [4.69, 9.17) is 10.5 Å². The SMILES string of the molecule is CN1C2CCC1CN(C1(CN)CCOCC1)CC2. The van der Waals surface area contributed by atoms with Crippen LogP contribution in [0.5, 0.6) is 0 Å². The van der Waals surface area contributed by atoms with Gasteiger partial charge < -0.3 is 10.5 Å². The van der Waals surface area contributed by atoms with Gasteiger partial charge in [0.1, 0.15) is 0 Å². The van der Waals surface area contributed by atoms with Gasteiger partial charge in [-0.05, 0) is 39.2 Å². The molecule has 3 fully saturated rings. The van der Waals surface area contributed by atoms with Crippen molar-refractivity contribution in [3.63, 3.8) is 0 Å². The van der Waals surface area contributed by atoms with Gasteiger partial charge in [0.2, 0.25) is 0 Å². The normalized spacial score (nSPS) is 37.7. The average Bonchev–Trinajstić information content (AvgIpc) is 2.64. The second kappa shape index (κ2) is 5.08. The van der Waals surface area contributed by atoms with Crippen LogP contribution in [0, 0.1) is 0 Å². The number of rotatable bonds is 2. The number of likely N-dealkylation sites (N-methyl/N-ethyl adjacent to an activating group) is 1. The van der Waals surface area contributed by atoms with E-state index in [-0.39, 0.29) is 5.54 Å². The summed E-state index contributed by atoms with van der Waals surface area (Å²) in [6.07, 6.45) is 6.31. The van der Waals surface area contributed by atoms with Crippen LogP contribution in [0.3, 0.4) is 0 Å². The summed E-state index contributed by atoms with van der Waals surface area (Å²) < 4.78 is 5.54. The lowest BCUT2D eigenvalue weighted by Gasteiger charge is -2.46. The molecule has 4 nitrogen and oxygen atoms in total. The molecule has 0 aromatic rings. The first-order valence-electron chi connectivity index (χ1n) is 7.50. The predicted molar refractivity (Wildman–Crippen MR) is 72.6 cm³/mol. The van der Waals surface area contributed by atoms with E-state index in [1.54, 1.807) is 0 Å². The molecule has 3 aliphatic heterocycles. The minimum absolute atomic E-state index is 0.226. The van der Waals surface area contributed by atoms with E-state index in [0.717, 1.165) is 44.7 Å². The van der Waals surface area contributed by atoms with Gasteiger partial charge in [0.25, 0.3) is 0 Å². The van der Waals surface area contributed by atoms with Crippen molar-refractivity contribution in [2.24, 2.45) is 5.73 Å². The second-order valence-electron chi connectivity index (χ2n) is 6.33. The zero-order valence-corrected chi connectivity index (χ0v) is 11.6. The molecule has 0 aromatic carbocycles. The molecule has 0 amide bonds. The molecule has 3 aliphatic rings. The van der Waals surface area contributed by atoms with Crippen LogP contribution in [0.1, 0.15) is 32.1 Å². The van der Waals surface area contributed by atoms with Gasteiger partial charge in [-0.15, -0.1) is 0 Å². The first-order chi connectivity index (χ1) is 8.75. The summed E-state index contributed by atoms with van der Waals surface area (Å²) in [6, 6.07) is 1.57. The number of likely N-dealkylation sites (tertiary alicyclic amines) is 1. The molecular formula is C14H27N3O. The molecule has 2 N–H and O–H groups in total. The zero-order chi connectivity index (χ0) is 12.6. The average molecular weight is 253 g/mol. The van der Waals surface area contributed by atoms with Crippen LogP contribution in [-0.2, 0) is 4.74 Å². The number of ether oxygens (including phenoxy) is 1. The van der Waals surface area contributed by atoms with Gasteiger partial charge in [-0.1, -0.05) is 0 Å². The van der Waals surface area contributed by atoms with Crippen LogP contribution in [0.15, 0.2) is 0 Å². The van der Waals surface area contributed by atoms with Crippen LogP contribution >= 0.6 is 0 Å². The van der Waals surface area contributed by atoms with Crippen molar-refractivity contribution < 1.29 is 4.74 Å². The van der Waals surface area contributed by atoms with Crippen molar-refractivity contribution in [3.8, 4) is 0 Å². The smallest absolute Gasteiger partial charge is 0.0484 e. The standard InChI is InChI=1S/C14H27N3O/c1-16-12-2-3-13(16)10-17(7-4-12)14(11-15)5-8-18-9-6-14/h12-13H,2-11,15H2,1H3. The molecule has 104 valence electrons. The van der Waals surface area contributed by atoms with E-state index < -0.39 is 0 Å². The maximum absolute atomic E-state index is 6.14. The van der Waals surface area contributed by atoms with Crippen LogP contribution in [0.25, 0.3) is 0 Å². The van der Waals surface area contributed by atoms with Gasteiger partial charge in [-0.3, -0.25) is 9.80 Å². The molecule has 0 aromatic heterocycles. The largest absolute Gasteiger partial charge is 0.381 e. The monoisotopic (exact) mass is 253 g/mol. The summed E-state index contributed by atoms with van der Waals surface area (Å²) in [7, 11) is 2.31. The van der Waals surface area contributed by atoms with E-state index in [9.17, 15) is 0 Å². The van der Waals surface area contributed by atoms with E-state index in [2.05, 4.69) is 16.8 Å². The Hall–Kier alpha value is -0.160. The van der Waals surface area contributed by atoms with Gasteiger partial charge in [0.15, 0.2) is 0 Å². The fraction of sp³-hybridized carbons (Fsp3) is 1.00. The summed E-state index contributed by atoms with van der Waals surface area (Å²) in [4.78, 5) is 5.32. The van der Waals surface area contributed by atoms with Crippen molar-refractivity contribution in [2.75, 3.05) is 39.9 Å². The highest BCUT2D eigenvalue weighted by atomic mass is 16.5. The Bertz CT molecular complexity index is 291. The molecule has 0 radical (unpaired) electrons. The van der Waals surface area contributed by atoms with Gasteiger partial charge in [0.05, 0.1) is 0 Å². The minimum atomic E-state index is 0.226. The van der Waals surface area contributed by atoms with Crippen LogP contribution in [0.4, 0.5) is 0 Å². The van der Waals surface area contributed by atoms with E-state index in [1.807, 2.05) is 0 Å². The van der Waals surface area contributed by atoms with Crippen molar-refractivity contribution in [1.82, 2.24) is 9.80 Å². The molecule has 4 heteroatoms. The van der Waals surface area contributed by atoms with E-state index >= 15 is 0 Å². The Morgan fingerprint density at radius 3 is 2.61 bits per heavy atom. The Morgan fingerprint density at radius 1 is 1.17 bits per heavy atom. The first kappa shape index (κ1) is 12.9. The highest BCUT2D eigenvalue weighted by Crippen LogP contribution is 2.34. The van der Waals surface area contributed by atoms with Crippen molar-refractivity contribution in [3.05, 3.63) is 0 Å². The third-order valence-corrected chi connectivity index (χ3v) is 5.62. The molecule has 2 atom stereocenters. The van der Waals surface area contributed by atoms with Gasteiger partial charge in [0, 0.05) is 50.5 Å². The first-order valence-corrected chi connectivity index (χ1v) is 7.50. The van der Waals surface area contributed by atoms with E-state index in [1.165, 1.54) is 32.4 Å².